The van der Waals surface area contributed by atoms with E-state index in [9.17, 15) is 41.5 Å². The van der Waals surface area contributed by atoms with Gasteiger partial charge in [0.2, 0.25) is 5.91 Å². The Morgan fingerprint density at radius 3 is 1.72 bits per heavy atom. The van der Waals surface area contributed by atoms with Crippen molar-refractivity contribution < 1.29 is 63.9 Å². The average Bonchev–Trinajstić information content (AvgIpc) is 3.09. The van der Waals surface area contributed by atoms with Crippen LogP contribution in [0.4, 0.5) is 0 Å². The van der Waals surface area contributed by atoms with Gasteiger partial charge in [-0.05, 0) is 19.3 Å². The van der Waals surface area contributed by atoms with E-state index < -0.39 is 76.9 Å². The van der Waals surface area contributed by atoms with Crippen LogP contribution in [0, 0.1) is 0 Å². The third-order valence-electron chi connectivity index (χ3n) is 9.27. The molecule has 1 fully saturated rings. The summed E-state index contributed by atoms with van der Waals surface area (Å²) in [7, 11) is -10.2. The first-order valence-electron chi connectivity index (χ1n) is 19.7. The molecular formula is C36H69NO14S2. The number of unbranched alkanes of at least 4 members (excludes halogenated alkanes) is 19. The van der Waals surface area contributed by atoms with Gasteiger partial charge in [0.15, 0.2) is 6.29 Å². The summed E-state index contributed by atoms with van der Waals surface area (Å²) in [6, 6.07) is -1.05. The number of nitrogens with one attached hydrogen (secondary N) is 1. The second-order valence-corrected chi connectivity index (χ2v) is 16.2. The topological polar surface area (TPSA) is 235 Å². The summed E-state index contributed by atoms with van der Waals surface area (Å²) in [5, 5.41) is 35.0. The molecule has 1 amide bonds. The van der Waals surface area contributed by atoms with E-state index >= 15 is 0 Å². The third-order valence-corrected chi connectivity index (χ3v) is 10.2. The van der Waals surface area contributed by atoms with Gasteiger partial charge < -0.3 is 30.1 Å². The summed E-state index contributed by atoms with van der Waals surface area (Å²) in [5.41, 5.74) is 0. The molecule has 17 heteroatoms. The van der Waals surface area contributed by atoms with Crippen molar-refractivity contribution in [3.05, 3.63) is 12.2 Å². The molecule has 0 aliphatic carbocycles. The van der Waals surface area contributed by atoms with Crippen LogP contribution in [0.15, 0.2) is 12.2 Å². The number of amides is 1. The SMILES string of the molecule is CCCCCCCCCCCCC/C=C/[C@@H](O)[C@H](CO[C@H]1O[C@H](COS(=O)(=O)O)[C@H](O)[C@H](OS(=O)(=O)O)[C@H]1O)NC(=O)CCCCCCCCCCC. The lowest BCUT2D eigenvalue weighted by molar-refractivity contribution is -0.297. The Morgan fingerprint density at radius 1 is 0.736 bits per heavy atom. The molecule has 0 unspecified atom stereocenters. The van der Waals surface area contributed by atoms with E-state index in [4.69, 9.17) is 14.0 Å². The minimum absolute atomic E-state index is 0.204. The fraction of sp³-hybridized carbons (Fsp3) is 0.917. The van der Waals surface area contributed by atoms with Gasteiger partial charge in [0, 0.05) is 6.42 Å². The molecule has 1 saturated heterocycles. The maximum absolute atomic E-state index is 12.9. The van der Waals surface area contributed by atoms with Crippen LogP contribution in [0.5, 0.6) is 0 Å². The second-order valence-electron chi connectivity index (χ2n) is 14.1. The summed E-state index contributed by atoms with van der Waals surface area (Å²) in [6.07, 6.45) is 16.2. The zero-order chi connectivity index (χ0) is 39.5. The lowest BCUT2D eigenvalue weighted by atomic mass is 9.99. The highest BCUT2D eigenvalue weighted by atomic mass is 32.3. The molecule has 314 valence electrons. The van der Waals surface area contributed by atoms with E-state index in [-0.39, 0.29) is 12.3 Å². The molecule has 1 aliphatic heterocycles. The van der Waals surface area contributed by atoms with Gasteiger partial charge in [0.1, 0.15) is 24.4 Å². The van der Waals surface area contributed by atoms with E-state index in [2.05, 4.69) is 27.5 Å². The van der Waals surface area contributed by atoms with E-state index in [1.165, 1.54) is 83.1 Å². The summed E-state index contributed by atoms with van der Waals surface area (Å²) >= 11 is 0. The molecule has 15 nitrogen and oxygen atoms in total. The molecule has 6 N–H and O–H groups in total. The molecule has 7 atom stereocenters. The van der Waals surface area contributed by atoms with Crippen molar-refractivity contribution in [2.45, 2.75) is 198 Å². The van der Waals surface area contributed by atoms with Crippen molar-refractivity contribution in [2.75, 3.05) is 13.2 Å². The number of hydrogen-bond donors (Lipinski definition) is 6. The maximum atomic E-state index is 12.9. The number of ether oxygens (including phenoxy) is 2. The predicted octanol–water partition coefficient (Wildman–Crippen LogP) is 5.48. The van der Waals surface area contributed by atoms with Crippen molar-refractivity contribution in [2.24, 2.45) is 0 Å². The minimum atomic E-state index is -5.23. The van der Waals surface area contributed by atoms with Crippen LogP contribution in [0.3, 0.4) is 0 Å². The molecule has 0 radical (unpaired) electrons. The smallest absolute Gasteiger partial charge is 0.387 e. The Kier molecular flexibility index (Phi) is 27.3. The summed E-state index contributed by atoms with van der Waals surface area (Å²) in [6.45, 7) is 2.87. The lowest BCUT2D eigenvalue weighted by Crippen LogP contribution is -2.61. The standard InChI is InChI=1S/C36H69NO14S2/c1-3-5-7-9-11-13-14-15-16-18-19-21-23-25-30(38)29(37-32(39)26-24-22-20-17-12-10-8-6-4-2)27-48-36-34(41)35(51-53(45,46)47)33(40)31(50-36)28-49-52(42,43)44/h23,25,29-31,33-36,38,40-41H,3-22,24,26-28H2,1-2H3,(H,37,39)(H,42,43,44)(H,45,46,47)/b25-23+/t29-,30+,31+,33-,34+,35-,36-/m0/s1. The molecule has 1 aliphatic rings. The first-order valence-corrected chi connectivity index (χ1v) is 22.5. The zero-order valence-electron chi connectivity index (χ0n) is 31.9. The average molecular weight is 804 g/mol. The van der Waals surface area contributed by atoms with Crippen LogP contribution in [-0.4, -0.2) is 103 Å². The Hall–Kier alpha value is -1.25. The van der Waals surface area contributed by atoms with Gasteiger partial charge in [0.05, 0.1) is 25.4 Å². The highest BCUT2D eigenvalue weighted by molar-refractivity contribution is 7.81. The highest BCUT2D eigenvalue weighted by Crippen LogP contribution is 2.26. The molecule has 0 aromatic rings. The van der Waals surface area contributed by atoms with Gasteiger partial charge in [-0.1, -0.05) is 142 Å². The van der Waals surface area contributed by atoms with Crippen molar-refractivity contribution in [1.82, 2.24) is 5.32 Å². The quantitative estimate of drug-likeness (QED) is 0.0274. The molecule has 1 heterocycles. The van der Waals surface area contributed by atoms with Gasteiger partial charge in [-0.3, -0.25) is 13.9 Å². The third kappa shape index (κ3) is 25.5. The molecule has 0 aromatic carbocycles. The molecular weight excluding hydrogens is 735 g/mol. The monoisotopic (exact) mass is 803 g/mol. The molecule has 0 spiro atoms. The van der Waals surface area contributed by atoms with Crippen molar-refractivity contribution in [1.29, 1.82) is 0 Å². The van der Waals surface area contributed by atoms with Gasteiger partial charge >= 0.3 is 20.8 Å². The summed E-state index contributed by atoms with van der Waals surface area (Å²) < 4.78 is 83.0. The van der Waals surface area contributed by atoms with Gasteiger partial charge in [-0.25, -0.2) is 8.37 Å². The van der Waals surface area contributed by atoms with E-state index in [1.807, 2.05) is 6.08 Å². The van der Waals surface area contributed by atoms with Crippen molar-refractivity contribution in [3.8, 4) is 0 Å². The van der Waals surface area contributed by atoms with Crippen molar-refractivity contribution in [3.63, 3.8) is 0 Å². The van der Waals surface area contributed by atoms with Gasteiger partial charge in [-0.2, -0.15) is 16.8 Å². The van der Waals surface area contributed by atoms with Crippen LogP contribution < -0.4 is 5.32 Å². The Labute approximate surface area is 318 Å². The molecule has 1 rings (SSSR count). The van der Waals surface area contributed by atoms with Crippen LogP contribution in [0.2, 0.25) is 0 Å². The van der Waals surface area contributed by atoms with E-state index in [0.29, 0.717) is 12.8 Å². The second kappa shape index (κ2) is 29.1. The molecule has 0 saturated carbocycles. The maximum Gasteiger partial charge on any atom is 0.397 e. The number of allylic oxidation sites excluding steroid dienone is 1. The van der Waals surface area contributed by atoms with Gasteiger partial charge in [-0.15, -0.1) is 0 Å². The van der Waals surface area contributed by atoms with E-state index in [0.717, 1.165) is 44.9 Å². The van der Waals surface area contributed by atoms with Gasteiger partial charge in [0.25, 0.3) is 0 Å². The Balaban J connectivity index is 2.81. The fourth-order valence-electron chi connectivity index (χ4n) is 6.18. The fourth-order valence-corrected chi connectivity index (χ4v) is 6.99. The van der Waals surface area contributed by atoms with Crippen LogP contribution in [0.25, 0.3) is 0 Å². The van der Waals surface area contributed by atoms with Crippen LogP contribution in [0.1, 0.15) is 155 Å². The highest BCUT2D eigenvalue weighted by Gasteiger charge is 2.48. The van der Waals surface area contributed by atoms with E-state index in [1.54, 1.807) is 0 Å². The van der Waals surface area contributed by atoms with Crippen LogP contribution in [-0.2, 0) is 43.4 Å². The largest absolute Gasteiger partial charge is 0.397 e. The Bertz CT molecular complexity index is 1190. The first-order chi connectivity index (χ1) is 25.2. The predicted molar refractivity (Wildman–Crippen MR) is 201 cm³/mol. The molecule has 53 heavy (non-hydrogen) atoms. The molecule has 0 aromatic heterocycles. The minimum Gasteiger partial charge on any atom is -0.387 e. The number of carbonyl (C=O) groups is 1. The lowest BCUT2D eigenvalue weighted by Gasteiger charge is -2.41. The normalized spacial score (nSPS) is 22.3. The summed E-state index contributed by atoms with van der Waals surface area (Å²) in [4.78, 5) is 12.9. The van der Waals surface area contributed by atoms with Crippen molar-refractivity contribution >= 4 is 26.7 Å². The Morgan fingerprint density at radius 2 is 1.23 bits per heavy atom. The molecule has 0 bridgehead atoms. The number of rotatable bonds is 33. The number of aliphatic hydroxyl groups is 3. The number of hydrogen-bond acceptors (Lipinski definition) is 12. The summed E-state index contributed by atoms with van der Waals surface area (Å²) in [5.74, 6) is -0.341. The van der Waals surface area contributed by atoms with Crippen LogP contribution >= 0.6 is 0 Å². The zero-order valence-corrected chi connectivity index (χ0v) is 33.5. The number of carbonyl (C=O) groups excluding carboxylic acids is 1. The first kappa shape index (κ1) is 49.8. The number of aliphatic hydroxyl groups excluding tert-OH is 3.